The van der Waals surface area contributed by atoms with E-state index < -0.39 is 6.10 Å². The lowest BCUT2D eigenvalue weighted by molar-refractivity contribution is -0.00357. The quantitative estimate of drug-likeness (QED) is 0.839. The van der Waals surface area contributed by atoms with Crippen molar-refractivity contribution in [1.82, 2.24) is 4.90 Å². The van der Waals surface area contributed by atoms with Crippen molar-refractivity contribution in [3.8, 4) is 0 Å². The molecule has 21 heavy (non-hydrogen) atoms. The van der Waals surface area contributed by atoms with Crippen LogP contribution in [0.25, 0.3) is 0 Å². The lowest BCUT2D eigenvalue weighted by atomic mass is 10.0. The Hall–Kier alpha value is -0.970. The highest BCUT2D eigenvalue weighted by atomic mass is 19.1. The minimum Gasteiger partial charge on any atom is -0.388 e. The first-order valence-corrected chi connectivity index (χ1v) is 7.97. The van der Waals surface area contributed by atoms with Crippen molar-refractivity contribution in [3.05, 3.63) is 35.6 Å². The van der Waals surface area contributed by atoms with Crippen LogP contribution in [-0.2, 0) is 4.74 Å². The average molecular weight is 295 g/mol. The summed E-state index contributed by atoms with van der Waals surface area (Å²) in [6.45, 7) is 5.67. The molecule has 0 spiro atoms. The van der Waals surface area contributed by atoms with Gasteiger partial charge in [0.1, 0.15) is 5.82 Å². The van der Waals surface area contributed by atoms with Gasteiger partial charge in [-0.1, -0.05) is 25.1 Å². The molecule has 0 bridgehead atoms. The summed E-state index contributed by atoms with van der Waals surface area (Å²) in [6, 6.07) is 6.46. The summed E-state index contributed by atoms with van der Waals surface area (Å²) in [5, 5.41) is 10.1. The third-order valence-electron chi connectivity index (χ3n) is 4.00. The molecule has 1 saturated heterocycles. The van der Waals surface area contributed by atoms with Crippen LogP contribution < -0.4 is 0 Å². The first kappa shape index (κ1) is 16.4. The molecule has 4 heteroatoms. The molecule has 1 aliphatic heterocycles. The fourth-order valence-electron chi connectivity index (χ4n) is 2.84. The van der Waals surface area contributed by atoms with Gasteiger partial charge < -0.3 is 14.7 Å². The maximum Gasteiger partial charge on any atom is 0.128 e. The van der Waals surface area contributed by atoms with Gasteiger partial charge in [0.05, 0.1) is 12.2 Å². The molecular formula is C17H26FNO2. The number of likely N-dealkylation sites (tertiary alicyclic amines) is 1. The number of benzene rings is 1. The number of hydrogen-bond acceptors (Lipinski definition) is 3. The molecule has 0 saturated carbocycles. The standard InChI is InChI=1S/C17H26FNO2/c1-2-12-21-14-6-5-10-19(13-14)11-9-17(20)15-7-3-4-8-16(15)18/h3-4,7-8,14,17,20H,2,5-6,9-13H2,1H3. The summed E-state index contributed by atoms with van der Waals surface area (Å²) >= 11 is 0. The van der Waals surface area contributed by atoms with Crippen molar-refractivity contribution in [2.24, 2.45) is 0 Å². The Bertz CT molecular complexity index is 427. The zero-order valence-corrected chi connectivity index (χ0v) is 12.8. The Morgan fingerprint density at radius 1 is 1.43 bits per heavy atom. The number of piperidine rings is 1. The first-order valence-electron chi connectivity index (χ1n) is 7.97. The molecule has 0 radical (unpaired) electrons. The second-order valence-corrected chi connectivity index (χ2v) is 5.76. The Labute approximate surface area is 126 Å². The average Bonchev–Trinajstić information content (AvgIpc) is 2.51. The van der Waals surface area contributed by atoms with Crippen molar-refractivity contribution in [3.63, 3.8) is 0 Å². The second-order valence-electron chi connectivity index (χ2n) is 5.76. The van der Waals surface area contributed by atoms with Crippen LogP contribution in [0.2, 0.25) is 0 Å². The summed E-state index contributed by atoms with van der Waals surface area (Å²) in [7, 11) is 0. The fraction of sp³-hybridized carbons (Fsp3) is 0.647. The predicted octanol–water partition coefficient (Wildman–Crippen LogP) is 3.14. The van der Waals surface area contributed by atoms with Gasteiger partial charge in [-0.05, 0) is 38.3 Å². The molecule has 1 aromatic carbocycles. The number of aliphatic hydroxyl groups excluding tert-OH is 1. The van der Waals surface area contributed by atoms with Gasteiger partial charge >= 0.3 is 0 Å². The molecule has 1 heterocycles. The van der Waals surface area contributed by atoms with Gasteiger partial charge in [-0.2, -0.15) is 0 Å². The van der Waals surface area contributed by atoms with Gasteiger partial charge in [-0.25, -0.2) is 4.39 Å². The zero-order valence-electron chi connectivity index (χ0n) is 12.8. The monoisotopic (exact) mass is 295 g/mol. The number of halogens is 1. The Balaban J connectivity index is 1.78. The molecule has 0 aromatic heterocycles. The van der Waals surface area contributed by atoms with Gasteiger partial charge in [0.25, 0.3) is 0 Å². The summed E-state index contributed by atoms with van der Waals surface area (Å²) < 4.78 is 19.4. The molecule has 3 nitrogen and oxygen atoms in total. The van der Waals surface area contributed by atoms with Gasteiger partial charge in [0, 0.05) is 25.3 Å². The van der Waals surface area contributed by atoms with E-state index in [2.05, 4.69) is 11.8 Å². The molecular weight excluding hydrogens is 269 g/mol. The highest BCUT2D eigenvalue weighted by Gasteiger charge is 2.21. The van der Waals surface area contributed by atoms with Gasteiger partial charge in [-0.15, -0.1) is 0 Å². The molecule has 2 rings (SSSR count). The lowest BCUT2D eigenvalue weighted by Gasteiger charge is -2.33. The Morgan fingerprint density at radius 2 is 2.24 bits per heavy atom. The Kier molecular flexibility index (Phi) is 6.61. The molecule has 118 valence electrons. The van der Waals surface area contributed by atoms with Crippen LogP contribution >= 0.6 is 0 Å². The molecule has 0 amide bonds. The summed E-state index contributed by atoms with van der Waals surface area (Å²) in [6.07, 6.45) is 3.42. The summed E-state index contributed by atoms with van der Waals surface area (Å²) in [4.78, 5) is 2.31. The van der Waals surface area contributed by atoms with Crippen LogP contribution in [0.1, 0.15) is 44.3 Å². The Morgan fingerprint density at radius 3 is 3.00 bits per heavy atom. The minimum absolute atomic E-state index is 0.310. The lowest BCUT2D eigenvalue weighted by Crippen LogP contribution is -2.40. The third-order valence-corrected chi connectivity index (χ3v) is 4.00. The molecule has 1 fully saturated rings. The van der Waals surface area contributed by atoms with Gasteiger partial charge in [-0.3, -0.25) is 0 Å². The van der Waals surface area contributed by atoms with E-state index in [1.165, 1.54) is 6.07 Å². The molecule has 1 N–H and O–H groups in total. The van der Waals surface area contributed by atoms with E-state index in [4.69, 9.17) is 4.74 Å². The predicted molar refractivity (Wildman–Crippen MR) is 81.7 cm³/mol. The molecule has 2 unspecified atom stereocenters. The van der Waals surface area contributed by atoms with Crippen LogP contribution in [0.3, 0.4) is 0 Å². The van der Waals surface area contributed by atoms with E-state index >= 15 is 0 Å². The number of aliphatic hydroxyl groups is 1. The first-order chi connectivity index (χ1) is 10.2. The van der Waals surface area contributed by atoms with Crippen LogP contribution in [0.15, 0.2) is 24.3 Å². The van der Waals surface area contributed by atoms with Gasteiger partial charge in [0.2, 0.25) is 0 Å². The maximum atomic E-state index is 13.6. The van der Waals surface area contributed by atoms with Crippen molar-refractivity contribution in [2.45, 2.75) is 44.8 Å². The zero-order chi connectivity index (χ0) is 15.1. The smallest absolute Gasteiger partial charge is 0.128 e. The minimum atomic E-state index is -0.733. The summed E-state index contributed by atoms with van der Waals surface area (Å²) in [5.41, 5.74) is 0.397. The van der Waals surface area contributed by atoms with E-state index in [-0.39, 0.29) is 5.82 Å². The molecule has 1 aliphatic rings. The largest absolute Gasteiger partial charge is 0.388 e. The fourth-order valence-corrected chi connectivity index (χ4v) is 2.84. The normalized spacial score (nSPS) is 21.4. The third kappa shape index (κ3) is 5.06. The van der Waals surface area contributed by atoms with E-state index in [1.807, 2.05) is 0 Å². The van der Waals surface area contributed by atoms with E-state index in [1.54, 1.807) is 18.2 Å². The number of nitrogens with zero attached hydrogens (tertiary/aromatic N) is 1. The van der Waals surface area contributed by atoms with Crippen molar-refractivity contribution < 1.29 is 14.2 Å². The summed E-state index contributed by atoms with van der Waals surface area (Å²) in [5.74, 6) is -0.326. The molecule has 0 aliphatic carbocycles. The molecule has 1 aromatic rings. The molecule has 2 atom stereocenters. The van der Waals surface area contributed by atoms with Crippen LogP contribution in [0.5, 0.6) is 0 Å². The van der Waals surface area contributed by atoms with E-state index in [0.717, 1.165) is 45.5 Å². The van der Waals surface area contributed by atoms with Crippen molar-refractivity contribution in [1.29, 1.82) is 0 Å². The van der Waals surface area contributed by atoms with E-state index in [0.29, 0.717) is 18.1 Å². The SMILES string of the molecule is CCCOC1CCCN(CCC(O)c2ccccc2F)C1. The maximum absolute atomic E-state index is 13.6. The van der Waals surface area contributed by atoms with Crippen LogP contribution in [0, 0.1) is 5.82 Å². The van der Waals surface area contributed by atoms with E-state index in [9.17, 15) is 9.50 Å². The van der Waals surface area contributed by atoms with Crippen molar-refractivity contribution >= 4 is 0 Å². The van der Waals surface area contributed by atoms with Gasteiger partial charge in [0.15, 0.2) is 0 Å². The highest BCUT2D eigenvalue weighted by Crippen LogP contribution is 2.21. The van der Waals surface area contributed by atoms with Crippen molar-refractivity contribution in [2.75, 3.05) is 26.2 Å². The number of rotatable bonds is 7. The second kappa shape index (κ2) is 8.47. The highest BCUT2D eigenvalue weighted by molar-refractivity contribution is 5.19. The number of ether oxygens (including phenoxy) is 1. The number of hydrogen-bond donors (Lipinski definition) is 1. The van der Waals surface area contributed by atoms with Crippen LogP contribution in [0.4, 0.5) is 4.39 Å². The van der Waals surface area contributed by atoms with Crippen LogP contribution in [-0.4, -0.2) is 42.4 Å². The topological polar surface area (TPSA) is 32.7 Å².